The molecule has 0 aromatic heterocycles. The van der Waals surface area contributed by atoms with Gasteiger partial charge in [-0.15, -0.1) is 0 Å². The van der Waals surface area contributed by atoms with Crippen molar-refractivity contribution in [3.05, 3.63) is 78.4 Å². The summed E-state index contributed by atoms with van der Waals surface area (Å²) in [5.74, 6) is 1.88. The van der Waals surface area contributed by atoms with Crippen molar-refractivity contribution in [1.82, 2.24) is 0 Å². The van der Waals surface area contributed by atoms with E-state index in [2.05, 4.69) is 5.32 Å². The quantitative estimate of drug-likeness (QED) is 0.493. The predicted molar refractivity (Wildman–Crippen MR) is 126 cm³/mol. The number of rotatable bonds is 9. The monoisotopic (exact) mass is 446 g/mol. The van der Waals surface area contributed by atoms with E-state index in [4.69, 9.17) is 14.2 Å². The molecule has 33 heavy (non-hydrogen) atoms. The van der Waals surface area contributed by atoms with Crippen LogP contribution >= 0.6 is 0 Å². The second-order valence-electron chi connectivity index (χ2n) is 7.61. The van der Waals surface area contributed by atoms with Crippen molar-refractivity contribution in [2.45, 2.75) is 19.4 Å². The lowest BCUT2D eigenvalue weighted by Gasteiger charge is -2.30. The third-order valence-electron chi connectivity index (χ3n) is 5.25. The van der Waals surface area contributed by atoms with Crippen molar-refractivity contribution in [3.63, 3.8) is 0 Å². The van der Waals surface area contributed by atoms with Crippen LogP contribution in [-0.2, 0) is 16.1 Å². The van der Waals surface area contributed by atoms with Gasteiger partial charge in [-0.25, -0.2) is 0 Å². The number of nitrogens with zero attached hydrogens (tertiary/aromatic N) is 1. The zero-order valence-corrected chi connectivity index (χ0v) is 18.5. The van der Waals surface area contributed by atoms with Gasteiger partial charge >= 0.3 is 0 Å². The Balaban J connectivity index is 1.32. The van der Waals surface area contributed by atoms with Gasteiger partial charge in [-0.05, 0) is 54.4 Å². The van der Waals surface area contributed by atoms with E-state index in [1.807, 2.05) is 54.6 Å². The third-order valence-corrected chi connectivity index (χ3v) is 5.25. The molecule has 170 valence electrons. The summed E-state index contributed by atoms with van der Waals surface area (Å²) in [6, 6.07) is 22.4. The Labute approximate surface area is 192 Å². The molecule has 1 aliphatic heterocycles. The van der Waals surface area contributed by atoms with Crippen LogP contribution in [0.1, 0.15) is 18.4 Å². The lowest BCUT2D eigenvalue weighted by molar-refractivity contribution is -0.121. The lowest BCUT2D eigenvalue weighted by atomic mass is 10.1. The van der Waals surface area contributed by atoms with Gasteiger partial charge < -0.3 is 24.4 Å². The second kappa shape index (κ2) is 10.5. The molecule has 7 heteroatoms. The minimum Gasteiger partial charge on any atom is -0.497 e. The first kappa shape index (κ1) is 22.2. The van der Waals surface area contributed by atoms with Crippen LogP contribution in [0.4, 0.5) is 11.4 Å². The average Bonchev–Trinajstić information content (AvgIpc) is 2.85. The highest BCUT2D eigenvalue weighted by atomic mass is 16.5. The fourth-order valence-electron chi connectivity index (χ4n) is 3.54. The molecule has 1 N–H and O–H groups in total. The molecule has 4 rings (SSSR count). The number of ether oxygens (including phenoxy) is 3. The number of amides is 2. The molecule has 0 fully saturated rings. The van der Waals surface area contributed by atoms with Gasteiger partial charge in [-0.1, -0.05) is 30.3 Å². The van der Waals surface area contributed by atoms with Crippen molar-refractivity contribution in [3.8, 4) is 17.2 Å². The predicted octanol–water partition coefficient (Wildman–Crippen LogP) is 4.42. The van der Waals surface area contributed by atoms with Gasteiger partial charge in [0.15, 0.2) is 6.61 Å². The zero-order valence-electron chi connectivity index (χ0n) is 18.5. The maximum absolute atomic E-state index is 12.5. The molecule has 0 bridgehead atoms. The number of carbonyl (C=O) groups excluding carboxylic acids is 2. The average molecular weight is 447 g/mol. The molecule has 7 nitrogen and oxygen atoms in total. The molecule has 0 spiro atoms. The topological polar surface area (TPSA) is 77.1 Å². The summed E-state index contributed by atoms with van der Waals surface area (Å²) >= 11 is 0. The van der Waals surface area contributed by atoms with Crippen LogP contribution in [0.2, 0.25) is 0 Å². The SMILES string of the molecule is COc1ccc(OCCCC(=O)Nc2ccc3c(c2)N(Cc2ccccc2)C(=O)CO3)cc1. The summed E-state index contributed by atoms with van der Waals surface area (Å²) in [7, 11) is 1.61. The van der Waals surface area contributed by atoms with E-state index in [1.165, 1.54) is 0 Å². The van der Waals surface area contributed by atoms with Crippen LogP contribution in [0.3, 0.4) is 0 Å². The normalized spacial score (nSPS) is 12.5. The number of carbonyl (C=O) groups is 2. The van der Waals surface area contributed by atoms with Crippen LogP contribution in [0, 0.1) is 0 Å². The van der Waals surface area contributed by atoms with Crippen molar-refractivity contribution < 1.29 is 23.8 Å². The number of anilines is 2. The summed E-state index contributed by atoms with van der Waals surface area (Å²) in [6.07, 6.45) is 0.890. The van der Waals surface area contributed by atoms with E-state index in [-0.39, 0.29) is 18.4 Å². The summed E-state index contributed by atoms with van der Waals surface area (Å²) in [5, 5.41) is 2.90. The molecule has 0 saturated carbocycles. The summed E-state index contributed by atoms with van der Waals surface area (Å²) < 4.78 is 16.4. The van der Waals surface area contributed by atoms with E-state index < -0.39 is 0 Å². The molecular weight excluding hydrogens is 420 g/mol. The van der Waals surface area contributed by atoms with Gasteiger partial charge in [-0.3, -0.25) is 9.59 Å². The molecule has 2 amide bonds. The third kappa shape index (κ3) is 5.83. The molecule has 0 atom stereocenters. The molecule has 0 radical (unpaired) electrons. The Morgan fingerprint density at radius 1 is 1.03 bits per heavy atom. The Bertz CT molecular complexity index is 1100. The molecular formula is C26H26N2O5. The van der Waals surface area contributed by atoms with Gasteiger partial charge in [0.1, 0.15) is 17.2 Å². The number of nitrogens with one attached hydrogen (secondary N) is 1. The van der Waals surface area contributed by atoms with E-state index in [0.717, 1.165) is 17.1 Å². The Kier molecular flexibility index (Phi) is 7.09. The maximum atomic E-state index is 12.5. The molecule has 1 aliphatic rings. The zero-order chi connectivity index (χ0) is 23.0. The highest BCUT2D eigenvalue weighted by Gasteiger charge is 2.26. The molecule has 0 saturated heterocycles. The van der Waals surface area contributed by atoms with E-state index >= 15 is 0 Å². The van der Waals surface area contributed by atoms with Crippen LogP contribution < -0.4 is 24.4 Å². The van der Waals surface area contributed by atoms with E-state index in [1.54, 1.807) is 30.2 Å². The van der Waals surface area contributed by atoms with Gasteiger partial charge in [0, 0.05) is 12.1 Å². The maximum Gasteiger partial charge on any atom is 0.265 e. The fourth-order valence-corrected chi connectivity index (χ4v) is 3.54. The summed E-state index contributed by atoms with van der Waals surface area (Å²) in [6.45, 7) is 0.868. The van der Waals surface area contributed by atoms with Gasteiger partial charge in [0.05, 0.1) is 25.9 Å². The molecule has 3 aromatic rings. The van der Waals surface area contributed by atoms with Crippen molar-refractivity contribution >= 4 is 23.2 Å². The molecule has 1 heterocycles. The largest absolute Gasteiger partial charge is 0.497 e. The van der Waals surface area contributed by atoms with Crippen LogP contribution in [-0.4, -0.2) is 32.1 Å². The molecule has 0 unspecified atom stereocenters. The first-order valence-electron chi connectivity index (χ1n) is 10.8. The number of hydrogen-bond donors (Lipinski definition) is 1. The number of methoxy groups -OCH3 is 1. The first-order chi connectivity index (χ1) is 16.1. The van der Waals surface area contributed by atoms with Crippen molar-refractivity contribution in [2.24, 2.45) is 0 Å². The minimum absolute atomic E-state index is 0.000263. The van der Waals surface area contributed by atoms with Crippen LogP contribution in [0.25, 0.3) is 0 Å². The fraction of sp³-hybridized carbons (Fsp3) is 0.231. The van der Waals surface area contributed by atoms with Crippen molar-refractivity contribution in [2.75, 3.05) is 30.5 Å². The Morgan fingerprint density at radius 3 is 2.55 bits per heavy atom. The number of benzene rings is 3. The van der Waals surface area contributed by atoms with Crippen LogP contribution in [0.15, 0.2) is 72.8 Å². The van der Waals surface area contributed by atoms with E-state index in [0.29, 0.717) is 43.1 Å². The second-order valence-corrected chi connectivity index (χ2v) is 7.61. The highest BCUT2D eigenvalue weighted by molar-refractivity contribution is 5.99. The van der Waals surface area contributed by atoms with E-state index in [9.17, 15) is 9.59 Å². The smallest absolute Gasteiger partial charge is 0.265 e. The van der Waals surface area contributed by atoms with Gasteiger partial charge in [0.2, 0.25) is 5.91 Å². The Hall–Kier alpha value is -4.00. The number of fused-ring (bicyclic) bond motifs is 1. The minimum atomic E-state index is -0.120. The summed E-state index contributed by atoms with van der Waals surface area (Å²) in [5.41, 5.74) is 2.28. The number of hydrogen-bond acceptors (Lipinski definition) is 5. The highest BCUT2D eigenvalue weighted by Crippen LogP contribution is 2.35. The first-order valence-corrected chi connectivity index (χ1v) is 10.8. The standard InChI is InChI=1S/C26H26N2O5/c1-31-21-10-12-22(13-11-21)32-15-5-8-25(29)27-20-9-14-24-23(16-20)28(26(30)18-33-24)17-19-6-3-2-4-7-19/h2-4,6-7,9-14,16H,5,8,15,17-18H2,1H3,(H,27,29). The summed E-state index contributed by atoms with van der Waals surface area (Å²) in [4.78, 5) is 26.6. The van der Waals surface area contributed by atoms with Crippen LogP contribution in [0.5, 0.6) is 17.2 Å². The lowest BCUT2D eigenvalue weighted by Crippen LogP contribution is -2.38. The van der Waals surface area contributed by atoms with Crippen molar-refractivity contribution in [1.29, 1.82) is 0 Å². The van der Waals surface area contributed by atoms with Gasteiger partial charge in [-0.2, -0.15) is 0 Å². The molecule has 0 aliphatic carbocycles. The Morgan fingerprint density at radius 2 is 1.79 bits per heavy atom. The molecule has 3 aromatic carbocycles. The van der Waals surface area contributed by atoms with Gasteiger partial charge in [0.25, 0.3) is 5.91 Å².